The molecule has 0 unspecified atom stereocenters. The van der Waals surface area contributed by atoms with Crippen LogP contribution < -0.4 is 128 Å². The number of ether oxygens (including phenoxy) is 5. The summed E-state index contributed by atoms with van der Waals surface area (Å²) in [6, 6.07) is 2.22. The van der Waals surface area contributed by atoms with Gasteiger partial charge in [0.05, 0.1) is 49.5 Å². The van der Waals surface area contributed by atoms with Crippen LogP contribution in [0, 0.1) is 0 Å². The fourth-order valence-electron chi connectivity index (χ4n) is 5.51. The van der Waals surface area contributed by atoms with Crippen LogP contribution in [0.15, 0.2) is 36.8 Å². The molecule has 0 spiro atoms. The van der Waals surface area contributed by atoms with Gasteiger partial charge in [-0.05, 0) is 59.7 Å². The van der Waals surface area contributed by atoms with Gasteiger partial charge in [0.2, 0.25) is 0 Å². The molecule has 2 saturated heterocycles. The summed E-state index contributed by atoms with van der Waals surface area (Å²) >= 11 is 13.6. The van der Waals surface area contributed by atoms with Crippen LogP contribution in [0.4, 0.5) is 54.9 Å². The Bertz CT molecular complexity index is 2220. The van der Waals surface area contributed by atoms with Crippen LogP contribution in [0.5, 0.6) is 17.2 Å². The van der Waals surface area contributed by atoms with E-state index in [0.29, 0.717) is 18.9 Å². The van der Waals surface area contributed by atoms with Crippen molar-refractivity contribution in [3.8, 4) is 17.2 Å². The Hall–Kier alpha value is -1.84. The van der Waals surface area contributed by atoms with E-state index in [1.54, 1.807) is 32.8 Å². The smallest absolute Gasteiger partial charge is 1.00 e. The van der Waals surface area contributed by atoms with Gasteiger partial charge in [-0.25, -0.2) is 24.5 Å². The zero-order chi connectivity index (χ0) is 59.9. The van der Waals surface area contributed by atoms with Crippen molar-refractivity contribution in [3.63, 3.8) is 0 Å². The number of carbonyl (C=O) groups excluding carboxylic acids is 3. The molecule has 5 rings (SSSR count). The molecule has 0 atom stereocenters. The minimum Gasteiger partial charge on any atom is -1.00 e. The number of aliphatic hydroxyl groups excluding tert-OH is 2. The topological polar surface area (TPSA) is 251 Å². The van der Waals surface area contributed by atoms with E-state index in [9.17, 15) is 49.1 Å². The maximum absolute atomic E-state index is 13.5. The third-order valence-corrected chi connectivity index (χ3v) is 9.79. The molecular weight excluding hydrogens is 1260 g/mol. The van der Waals surface area contributed by atoms with Crippen LogP contribution in [-0.4, -0.2) is 168 Å². The minimum atomic E-state index is -4.60. The molecule has 3 aromatic rings. The normalized spacial score (nSPS) is 13.3. The van der Waals surface area contributed by atoms with Gasteiger partial charge in [0, 0.05) is 90.9 Å². The maximum Gasteiger partial charge on any atom is 1.00 e. The summed E-state index contributed by atoms with van der Waals surface area (Å²) in [4.78, 5) is 50.0. The molecule has 4 N–H and O–H groups in total. The third-order valence-electron chi connectivity index (χ3n) is 8.86. The van der Waals surface area contributed by atoms with Gasteiger partial charge in [-0.2, -0.15) is 39.5 Å². The van der Waals surface area contributed by atoms with Gasteiger partial charge in [-0.1, -0.05) is 39.1 Å². The van der Waals surface area contributed by atoms with Gasteiger partial charge in [0.1, 0.15) is 50.1 Å². The van der Waals surface area contributed by atoms with Crippen LogP contribution in [0.1, 0.15) is 72.5 Å². The van der Waals surface area contributed by atoms with E-state index >= 15 is 0 Å². The Morgan fingerprint density at radius 1 is 0.688 bits per heavy atom. The number of nitrogens with zero attached hydrogens (tertiary/aromatic N) is 6. The number of halogens is 12. The summed E-state index contributed by atoms with van der Waals surface area (Å²) in [6.45, 7) is 15.7. The van der Waals surface area contributed by atoms with Crippen molar-refractivity contribution in [2.24, 2.45) is 0 Å². The molecule has 448 valence electrons. The molecule has 80 heavy (non-hydrogen) atoms. The number of carbonyl (C=O) groups is 3. The van der Waals surface area contributed by atoms with Gasteiger partial charge < -0.3 is 70.6 Å². The first kappa shape index (κ1) is 82.4. The SMILES string of the molecule is CC(C)(C)OC(=O)N1CCN(c2ncc(OCCCO)cc2C(F)(F)F)CC1.CC(C)(C)OC(=O)N1CCNCC1.COCCBr.O=CO[O-].OCCCOc1cnc(Cl)c(C(F)(F)F)c1.Oc1cnc(Cl)c(C(F)(F)F)c1.[H-].[K+].[K+]. The summed E-state index contributed by atoms with van der Waals surface area (Å²) < 4.78 is 139. The van der Waals surface area contributed by atoms with Crippen LogP contribution >= 0.6 is 39.1 Å². The molecule has 0 aromatic carbocycles. The van der Waals surface area contributed by atoms with Gasteiger partial charge in [-0.3, -0.25) is 4.79 Å². The first-order chi connectivity index (χ1) is 36.2. The van der Waals surface area contributed by atoms with E-state index in [0.717, 1.165) is 62.6 Å². The summed E-state index contributed by atoms with van der Waals surface area (Å²) in [6.07, 6.45) is -10.6. The number of hydrogen-bond donors (Lipinski definition) is 4. The molecule has 2 fully saturated rings. The monoisotopic (exact) mass is 1320 g/mol. The molecule has 2 aliphatic heterocycles. The van der Waals surface area contributed by atoms with E-state index < -0.39 is 63.0 Å². The fourth-order valence-corrected chi connectivity index (χ4v) is 6.25. The van der Waals surface area contributed by atoms with Crippen molar-refractivity contribution in [1.29, 1.82) is 0 Å². The van der Waals surface area contributed by atoms with Crippen LogP contribution in [0.25, 0.3) is 0 Å². The minimum absolute atomic E-state index is 0. The molecule has 3 aromatic heterocycles. The van der Waals surface area contributed by atoms with Crippen molar-refractivity contribution in [1.82, 2.24) is 30.1 Å². The second kappa shape index (κ2) is 42.1. The molecule has 2 amide bonds. The molecule has 0 aliphatic carbocycles. The Morgan fingerprint density at radius 3 is 1.43 bits per heavy atom. The number of rotatable bonds is 12. The number of anilines is 1. The Morgan fingerprint density at radius 2 is 1.07 bits per heavy atom. The second-order valence-corrected chi connectivity index (χ2v) is 19.0. The van der Waals surface area contributed by atoms with Crippen molar-refractivity contribution in [3.05, 3.63) is 63.8 Å². The quantitative estimate of drug-likeness (QED) is 0.0297. The van der Waals surface area contributed by atoms with E-state index in [1.807, 2.05) is 20.8 Å². The molecule has 2 aliphatic rings. The number of piperazine rings is 2. The number of nitrogens with one attached hydrogen (secondary N) is 1. The Labute approximate surface area is 562 Å². The molecule has 5 heterocycles. The van der Waals surface area contributed by atoms with Gasteiger partial charge in [0.25, 0.3) is 6.47 Å². The summed E-state index contributed by atoms with van der Waals surface area (Å²) in [5, 5.41) is 37.2. The van der Waals surface area contributed by atoms with Gasteiger partial charge in [-0.15, -0.1) is 0 Å². The van der Waals surface area contributed by atoms with E-state index in [4.69, 9.17) is 67.5 Å². The van der Waals surface area contributed by atoms with E-state index in [-0.39, 0.29) is 192 Å². The predicted octanol–water partition coefficient (Wildman–Crippen LogP) is 2.30. The predicted molar refractivity (Wildman–Crippen MR) is 268 cm³/mol. The summed E-state index contributed by atoms with van der Waals surface area (Å²) in [5.74, 6) is -0.778. The number of aromatic nitrogens is 3. The number of hydrogen-bond acceptors (Lipinski definition) is 18. The average Bonchev–Trinajstić information content (AvgIpc) is 3.35. The van der Waals surface area contributed by atoms with E-state index in [1.165, 1.54) is 16.0 Å². The summed E-state index contributed by atoms with van der Waals surface area (Å²) in [7, 11) is 1.68. The number of pyridine rings is 3. The molecular formula is C46H65BrCl2F9K2N7O13. The molecule has 0 radical (unpaired) electrons. The van der Waals surface area contributed by atoms with Crippen molar-refractivity contribution in [2.45, 2.75) is 84.1 Å². The van der Waals surface area contributed by atoms with Crippen LogP contribution in [0.2, 0.25) is 10.3 Å². The Balaban J connectivity index is -0.000000481. The average molecular weight is 1320 g/mol. The second-order valence-electron chi connectivity index (χ2n) is 17.5. The van der Waals surface area contributed by atoms with Gasteiger partial charge in [0.15, 0.2) is 0 Å². The van der Waals surface area contributed by atoms with Gasteiger partial charge >= 0.3 is 133 Å². The largest absolute Gasteiger partial charge is 1.00 e. The van der Waals surface area contributed by atoms with Crippen LogP contribution in [-0.2, 0) is 42.4 Å². The fraction of sp³-hybridized carbons (Fsp3) is 0.609. The first-order valence-corrected chi connectivity index (χ1v) is 24.9. The Kier molecular flexibility index (Phi) is 43.3. The number of aliphatic hydroxyl groups is 2. The van der Waals surface area contributed by atoms with Crippen molar-refractivity contribution < 1.29 is 207 Å². The summed E-state index contributed by atoms with van der Waals surface area (Å²) in [5.41, 5.74) is -4.08. The molecule has 34 heteroatoms. The standard InChI is InChI=1S/C18H26F3N3O4.C9H9ClF3NO2.C9H18N2O2.C6H3ClF3NO.C3H7BrO.CH2O3.2K.H/c1-17(2,3)28-16(26)24-7-5-23(6-8-24)15-14(18(19,20)21)11-13(12-22-15)27-10-4-9-25;10-8-7(9(11,12)13)4-6(5-14-8)16-3-1-2-15;1-9(2,3)13-8(12)11-6-4-10-5-7-11;7-5-4(6(8,9)10)1-3(12)2-11-5;1-5-3-2-4;2-1-4-3;;;/h11-12,25H,4-10H2,1-3H3;4-5,15H,1-3H2;10H,4-7H2,1-3H3;1-2,12H;2-3H2,1H3;1,3H;;;/q;;;;;;2*+1;-1/p-1. The first-order valence-electron chi connectivity index (χ1n) is 23.1. The van der Waals surface area contributed by atoms with E-state index in [2.05, 4.69) is 45.8 Å². The molecule has 0 saturated carbocycles. The zero-order valence-electron chi connectivity index (χ0n) is 46.5. The molecule has 20 nitrogen and oxygen atoms in total. The number of aromatic hydroxyl groups is 1. The maximum atomic E-state index is 13.5. The number of methoxy groups -OCH3 is 1. The number of amides is 2. The zero-order valence-corrected chi connectivity index (χ0v) is 54.8. The number of alkyl halides is 10. The molecule has 0 bridgehead atoms. The third kappa shape index (κ3) is 36.8. The van der Waals surface area contributed by atoms with Crippen molar-refractivity contribution >= 4 is 63.6 Å². The van der Waals surface area contributed by atoms with Crippen LogP contribution in [0.3, 0.4) is 0 Å². The van der Waals surface area contributed by atoms with Crippen molar-refractivity contribution in [2.75, 3.05) is 103 Å².